The van der Waals surface area contributed by atoms with Gasteiger partial charge in [0.25, 0.3) is 0 Å². The van der Waals surface area contributed by atoms with Crippen molar-refractivity contribution >= 4 is 40.6 Å². The molecule has 0 saturated carbocycles. The van der Waals surface area contributed by atoms with E-state index in [2.05, 4.69) is 30.9 Å². The third kappa shape index (κ3) is 8.51. The van der Waals surface area contributed by atoms with Crippen LogP contribution in [0.25, 0.3) is 10.9 Å². The molecule has 14 heteroatoms. The maximum Gasteiger partial charge on any atom is 0.326 e. The van der Waals surface area contributed by atoms with Crippen LogP contribution in [0.2, 0.25) is 0 Å². The van der Waals surface area contributed by atoms with Gasteiger partial charge < -0.3 is 41.9 Å². The fourth-order valence-corrected chi connectivity index (χ4v) is 4.71. The van der Waals surface area contributed by atoms with Crippen LogP contribution in [0.5, 0.6) is 0 Å². The van der Waals surface area contributed by atoms with Gasteiger partial charge in [0.1, 0.15) is 18.1 Å². The van der Waals surface area contributed by atoms with Gasteiger partial charge in [-0.05, 0) is 17.2 Å². The molecule has 2 aromatic carbocycles. The molecule has 0 radical (unpaired) electrons. The number of nitrogens with one attached hydrogen (secondary N) is 5. The molecule has 0 aliphatic rings. The third-order valence-electron chi connectivity index (χ3n) is 6.97. The van der Waals surface area contributed by atoms with Crippen LogP contribution in [0, 0.1) is 0 Å². The number of carboxylic acid groups (broad SMARTS) is 2. The summed E-state index contributed by atoms with van der Waals surface area (Å²) in [6, 6.07) is 10.9. The highest BCUT2D eigenvalue weighted by Crippen LogP contribution is 2.19. The molecule has 2 heterocycles. The summed E-state index contributed by atoms with van der Waals surface area (Å²) in [5.41, 5.74) is 8.88. The fourth-order valence-electron chi connectivity index (χ4n) is 4.71. The van der Waals surface area contributed by atoms with Crippen molar-refractivity contribution in [3.05, 3.63) is 90.1 Å². The molecule has 4 atom stereocenters. The zero-order valence-corrected chi connectivity index (χ0v) is 23.5. The minimum atomic E-state index is -1.73. The Morgan fingerprint density at radius 3 is 2.07 bits per heavy atom. The molecule has 0 aliphatic heterocycles. The molecule has 0 aliphatic carbocycles. The van der Waals surface area contributed by atoms with E-state index in [0.717, 1.165) is 16.5 Å². The van der Waals surface area contributed by atoms with E-state index in [9.17, 15) is 29.1 Å². The molecule has 3 amide bonds. The van der Waals surface area contributed by atoms with Crippen LogP contribution in [0.15, 0.2) is 73.3 Å². The van der Waals surface area contributed by atoms with E-state index in [4.69, 9.17) is 10.8 Å². The average molecular weight is 604 g/mol. The Kier molecular flexibility index (Phi) is 10.4. The Labute approximate surface area is 251 Å². The van der Waals surface area contributed by atoms with Gasteiger partial charge in [0.05, 0.1) is 18.8 Å². The zero-order valence-electron chi connectivity index (χ0n) is 23.5. The monoisotopic (exact) mass is 603 g/mol. The summed E-state index contributed by atoms with van der Waals surface area (Å²) in [6.07, 6.45) is 3.92. The quantitative estimate of drug-likeness (QED) is 0.0929. The number of aromatic amines is 2. The Balaban J connectivity index is 1.59. The number of carboxylic acids is 2. The van der Waals surface area contributed by atoms with Crippen molar-refractivity contribution in [3.63, 3.8) is 0 Å². The maximum absolute atomic E-state index is 13.7. The van der Waals surface area contributed by atoms with E-state index in [1.54, 1.807) is 42.6 Å². The predicted octanol–water partition coefficient (Wildman–Crippen LogP) is 0.260. The number of aromatic nitrogens is 3. The molecule has 4 rings (SSSR count). The number of imidazole rings is 1. The molecule has 9 N–H and O–H groups in total. The summed E-state index contributed by atoms with van der Waals surface area (Å²) in [5.74, 6) is -5.20. The molecule has 0 bridgehead atoms. The second kappa shape index (κ2) is 14.6. The summed E-state index contributed by atoms with van der Waals surface area (Å²) in [6.45, 7) is 0. The molecular formula is C30H33N7O7. The van der Waals surface area contributed by atoms with Crippen LogP contribution in [-0.2, 0) is 43.2 Å². The second-order valence-electron chi connectivity index (χ2n) is 10.3. The highest BCUT2D eigenvalue weighted by Gasteiger charge is 2.32. The first-order chi connectivity index (χ1) is 21.1. The lowest BCUT2D eigenvalue weighted by atomic mass is 10.0. The largest absolute Gasteiger partial charge is 0.481 e. The Morgan fingerprint density at radius 2 is 1.41 bits per heavy atom. The number of hydrogen-bond acceptors (Lipinski definition) is 7. The van der Waals surface area contributed by atoms with E-state index in [1.807, 2.05) is 18.2 Å². The summed E-state index contributed by atoms with van der Waals surface area (Å²) >= 11 is 0. The fraction of sp³-hybridized carbons (Fsp3) is 0.267. The van der Waals surface area contributed by atoms with Crippen LogP contribution in [0.1, 0.15) is 23.2 Å². The number of rotatable bonds is 15. The van der Waals surface area contributed by atoms with Crippen molar-refractivity contribution < 1.29 is 34.2 Å². The average Bonchev–Trinajstić information content (AvgIpc) is 3.66. The summed E-state index contributed by atoms with van der Waals surface area (Å²) in [5, 5.41) is 27.0. The molecule has 4 aromatic rings. The maximum atomic E-state index is 13.7. The number of H-pyrrole nitrogens is 2. The highest BCUT2D eigenvalue weighted by molar-refractivity contribution is 5.95. The van der Waals surface area contributed by atoms with Gasteiger partial charge in [-0.15, -0.1) is 0 Å². The molecule has 4 unspecified atom stereocenters. The summed E-state index contributed by atoms with van der Waals surface area (Å²) in [4.78, 5) is 73.0. The number of aliphatic carboxylic acids is 2. The minimum Gasteiger partial charge on any atom is -0.481 e. The zero-order chi connectivity index (χ0) is 31.6. The van der Waals surface area contributed by atoms with Crippen molar-refractivity contribution in [3.8, 4) is 0 Å². The van der Waals surface area contributed by atoms with E-state index in [1.165, 1.54) is 12.5 Å². The van der Waals surface area contributed by atoms with Crippen molar-refractivity contribution in [2.24, 2.45) is 5.73 Å². The van der Waals surface area contributed by atoms with Gasteiger partial charge in [-0.3, -0.25) is 19.2 Å². The van der Waals surface area contributed by atoms with Crippen LogP contribution >= 0.6 is 0 Å². The van der Waals surface area contributed by atoms with Crippen LogP contribution < -0.4 is 21.7 Å². The van der Waals surface area contributed by atoms with Gasteiger partial charge in [0, 0.05) is 48.3 Å². The van der Waals surface area contributed by atoms with Crippen LogP contribution in [0.3, 0.4) is 0 Å². The standard InChI is InChI=1S/C30H33N7O7/c31-21(12-19-15-32-16-34-19)27(40)35-23(10-17-6-2-1-3-7-17)28(41)36-24(29(42)37-25(30(43)44)13-26(38)39)11-18-14-33-22-9-5-4-8-20(18)22/h1-9,14-16,21,23-25,33H,10-13,31H2,(H,32,34)(H,35,40)(H,36,41)(H,37,42)(H,38,39)(H,43,44). The lowest BCUT2D eigenvalue weighted by Gasteiger charge is -2.25. The van der Waals surface area contributed by atoms with Gasteiger partial charge in [-0.25, -0.2) is 9.78 Å². The predicted molar refractivity (Wildman–Crippen MR) is 158 cm³/mol. The molecule has 44 heavy (non-hydrogen) atoms. The lowest BCUT2D eigenvalue weighted by molar-refractivity contribution is -0.147. The first kappa shape index (κ1) is 31.4. The topological polar surface area (TPSA) is 232 Å². The van der Waals surface area contributed by atoms with E-state index in [-0.39, 0.29) is 19.3 Å². The summed E-state index contributed by atoms with van der Waals surface area (Å²) < 4.78 is 0. The first-order valence-electron chi connectivity index (χ1n) is 13.8. The minimum absolute atomic E-state index is 0.0629. The van der Waals surface area contributed by atoms with Crippen molar-refractivity contribution in [1.29, 1.82) is 0 Å². The number of amides is 3. The highest BCUT2D eigenvalue weighted by atomic mass is 16.4. The van der Waals surface area contributed by atoms with Gasteiger partial charge in [0.15, 0.2) is 0 Å². The number of hydrogen-bond donors (Lipinski definition) is 8. The van der Waals surface area contributed by atoms with E-state index in [0.29, 0.717) is 11.3 Å². The normalized spacial score (nSPS) is 13.8. The number of fused-ring (bicyclic) bond motifs is 1. The SMILES string of the molecule is NC(Cc1cnc[nH]1)C(=O)NC(Cc1ccccc1)C(=O)NC(Cc1c[nH]c2ccccc12)C(=O)NC(CC(=O)O)C(=O)O. The van der Waals surface area contributed by atoms with Gasteiger partial charge in [-0.2, -0.15) is 0 Å². The van der Waals surface area contributed by atoms with Crippen molar-refractivity contribution in [1.82, 2.24) is 30.9 Å². The molecule has 230 valence electrons. The van der Waals surface area contributed by atoms with E-state index < -0.39 is 60.2 Å². The van der Waals surface area contributed by atoms with Crippen LogP contribution in [-0.4, -0.2) is 79.0 Å². The van der Waals surface area contributed by atoms with Gasteiger partial charge in [-0.1, -0.05) is 48.5 Å². The molecule has 0 saturated heterocycles. The number of carbonyl (C=O) groups excluding carboxylic acids is 3. The molecule has 2 aromatic heterocycles. The number of para-hydroxylation sites is 1. The van der Waals surface area contributed by atoms with Crippen LogP contribution in [0.4, 0.5) is 0 Å². The van der Waals surface area contributed by atoms with Crippen molar-refractivity contribution in [2.45, 2.75) is 49.9 Å². The Hall–Kier alpha value is -5.50. The molecule has 0 spiro atoms. The first-order valence-corrected chi connectivity index (χ1v) is 13.8. The van der Waals surface area contributed by atoms with Gasteiger partial charge in [0.2, 0.25) is 17.7 Å². The summed E-state index contributed by atoms with van der Waals surface area (Å²) in [7, 11) is 0. The number of nitrogens with zero attached hydrogens (tertiary/aromatic N) is 1. The number of carbonyl (C=O) groups is 5. The number of nitrogens with two attached hydrogens (primary N) is 1. The van der Waals surface area contributed by atoms with Crippen molar-refractivity contribution in [2.75, 3.05) is 0 Å². The molecule has 0 fully saturated rings. The molecular weight excluding hydrogens is 570 g/mol. The third-order valence-corrected chi connectivity index (χ3v) is 6.97. The van der Waals surface area contributed by atoms with E-state index >= 15 is 0 Å². The molecule has 14 nitrogen and oxygen atoms in total. The smallest absolute Gasteiger partial charge is 0.326 e. The Bertz CT molecular complexity index is 1600. The second-order valence-corrected chi connectivity index (χ2v) is 10.3. The Morgan fingerprint density at radius 1 is 0.773 bits per heavy atom. The van der Waals surface area contributed by atoms with Gasteiger partial charge >= 0.3 is 11.9 Å². The lowest BCUT2D eigenvalue weighted by Crippen LogP contribution is -2.58. The number of benzene rings is 2.